The van der Waals surface area contributed by atoms with Crippen LogP contribution >= 0.6 is 7.80 Å². The van der Waals surface area contributed by atoms with Crippen molar-refractivity contribution in [2.24, 2.45) is 0 Å². The summed E-state index contributed by atoms with van der Waals surface area (Å²) in [7, 11) is -1.84. The minimum atomic E-state index is -1.84. The van der Waals surface area contributed by atoms with Gasteiger partial charge >= 0.3 is 0 Å². The van der Waals surface area contributed by atoms with Crippen molar-refractivity contribution in [2.75, 3.05) is 0 Å². The molecule has 0 aliphatic heterocycles. The minimum absolute atomic E-state index is 0.946. The van der Waals surface area contributed by atoms with Gasteiger partial charge in [0.05, 0.1) is 0 Å². The Morgan fingerprint density at radius 1 is 0.722 bits per heavy atom. The van der Waals surface area contributed by atoms with E-state index >= 15 is 0 Å². The number of rotatable bonds is 4. The highest BCUT2D eigenvalue weighted by molar-refractivity contribution is 7.61. The summed E-state index contributed by atoms with van der Waals surface area (Å²) in [5.41, 5.74) is 2.57. The first-order valence-electron chi connectivity index (χ1n) is 6.47. The molecule has 18 heavy (non-hydrogen) atoms. The van der Waals surface area contributed by atoms with Crippen LogP contribution in [-0.2, 0) is 17.4 Å². The van der Waals surface area contributed by atoms with Gasteiger partial charge < -0.3 is 4.57 Å². The fourth-order valence-electron chi connectivity index (χ4n) is 1.95. The molecule has 0 fully saturated rings. The molecular formula is C16H19OP. The third-order valence-electron chi connectivity index (χ3n) is 3.25. The summed E-state index contributed by atoms with van der Waals surface area (Å²) < 4.78 is 12.4. The topological polar surface area (TPSA) is 17.1 Å². The van der Waals surface area contributed by atoms with Gasteiger partial charge in [0.2, 0.25) is 0 Å². The molecule has 0 saturated carbocycles. The van der Waals surface area contributed by atoms with Crippen LogP contribution in [0.4, 0.5) is 0 Å². The van der Waals surface area contributed by atoms with E-state index in [-0.39, 0.29) is 0 Å². The van der Waals surface area contributed by atoms with Crippen molar-refractivity contribution in [1.82, 2.24) is 0 Å². The van der Waals surface area contributed by atoms with E-state index in [0.29, 0.717) is 0 Å². The lowest BCUT2D eigenvalue weighted by Gasteiger charge is -2.05. The van der Waals surface area contributed by atoms with Crippen LogP contribution in [0.2, 0.25) is 0 Å². The van der Waals surface area contributed by atoms with E-state index in [1.807, 2.05) is 24.3 Å². The van der Waals surface area contributed by atoms with E-state index in [1.54, 1.807) is 0 Å². The van der Waals surface area contributed by atoms with Gasteiger partial charge in [-0.1, -0.05) is 62.4 Å². The monoisotopic (exact) mass is 258 g/mol. The van der Waals surface area contributed by atoms with E-state index in [9.17, 15) is 4.57 Å². The molecule has 0 N–H and O–H groups in total. The summed E-state index contributed by atoms with van der Waals surface area (Å²) in [5.74, 6) is 0. The molecule has 94 valence electrons. The molecule has 0 heterocycles. The number of aryl methyl sites for hydroxylation is 2. The van der Waals surface area contributed by atoms with E-state index in [4.69, 9.17) is 0 Å². The SMILES string of the molecule is CCc1ccc([PH](=O)c2ccc(CC)cc2)cc1. The zero-order valence-electron chi connectivity index (χ0n) is 10.9. The predicted octanol–water partition coefficient (Wildman–Crippen LogP) is 3.32. The standard InChI is InChI=1S/C16H19OP/c1-3-13-5-9-15(10-6-13)18(17)16-11-7-14(4-2)8-12-16/h5-12,18H,3-4H2,1-2H3. The molecule has 0 saturated heterocycles. The molecule has 0 aliphatic rings. The van der Waals surface area contributed by atoms with Gasteiger partial charge in [-0.05, 0) is 24.0 Å². The second-order valence-electron chi connectivity index (χ2n) is 4.43. The third kappa shape index (κ3) is 2.91. The van der Waals surface area contributed by atoms with Gasteiger partial charge in [0.15, 0.2) is 0 Å². The highest BCUT2D eigenvalue weighted by Crippen LogP contribution is 2.20. The molecule has 0 bridgehead atoms. The van der Waals surface area contributed by atoms with Crippen molar-refractivity contribution in [3.8, 4) is 0 Å². The molecule has 0 unspecified atom stereocenters. The molecule has 2 rings (SSSR count). The van der Waals surface area contributed by atoms with Gasteiger partial charge in [0, 0.05) is 10.6 Å². The molecule has 0 atom stereocenters. The van der Waals surface area contributed by atoms with E-state index in [0.717, 1.165) is 23.5 Å². The summed E-state index contributed by atoms with van der Waals surface area (Å²) >= 11 is 0. The summed E-state index contributed by atoms with van der Waals surface area (Å²) in [6.07, 6.45) is 2.04. The Balaban J connectivity index is 2.23. The van der Waals surface area contributed by atoms with Crippen LogP contribution in [-0.4, -0.2) is 0 Å². The van der Waals surface area contributed by atoms with E-state index < -0.39 is 7.80 Å². The maximum absolute atomic E-state index is 12.4. The van der Waals surface area contributed by atoms with Crippen LogP contribution in [0.25, 0.3) is 0 Å². The largest absolute Gasteiger partial charge is 0.317 e. The molecule has 0 spiro atoms. The van der Waals surface area contributed by atoms with Crippen LogP contribution in [0, 0.1) is 0 Å². The smallest absolute Gasteiger partial charge is 0.131 e. The van der Waals surface area contributed by atoms with Gasteiger partial charge in [-0.15, -0.1) is 0 Å². The van der Waals surface area contributed by atoms with Crippen molar-refractivity contribution in [3.63, 3.8) is 0 Å². The zero-order valence-corrected chi connectivity index (χ0v) is 11.9. The maximum atomic E-state index is 12.4. The Kier molecular flexibility index (Phi) is 4.38. The summed E-state index contributed by atoms with van der Waals surface area (Å²) in [5, 5.41) is 1.89. The minimum Gasteiger partial charge on any atom is -0.317 e. The van der Waals surface area contributed by atoms with Gasteiger partial charge in [0.1, 0.15) is 7.80 Å². The normalized spacial score (nSPS) is 10.8. The Morgan fingerprint density at radius 2 is 1.06 bits per heavy atom. The van der Waals surface area contributed by atoms with Crippen LogP contribution < -0.4 is 10.6 Å². The van der Waals surface area contributed by atoms with Crippen LogP contribution in [0.3, 0.4) is 0 Å². The van der Waals surface area contributed by atoms with Crippen molar-refractivity contribution in [3.05, 3.63) is 59.7 Å². The Hall–Kier alpha value is -1.33. The van der Waals surface area contributed by atoms with Gasteiger partial charge in [0.25, 0.3) is 0 Å². The van der Waals surface area contributed by atoms with Gasteiger partial charge in [-0.3, -0.25) is 0 Å². The molecule has 2 aromatic carbocycles. The third-order valence-corrected chi connectivity index (χ3v) is 4.96. The summed E-state index contributed by atoms with van der Waals surface area (Å²) in [4.78, 5) is 0. The summed E-state index contributed by atoms with van der Waals surface area (Å²) in [6.45, 7) is 4.25. The predicted molar refractivity (Wildman–Crippen MR) is 79.9 cm³/mol. The number of hydrogen-bond donors (Lipinski definition) is 0. The molecular weight excluding hydrogens is 239 g/mol. The van der Waals surface area contributed by atoms with Crippen LogP contribution in [0.1, 0.15) is 25.0 Å². The maximum Gasteiger partial charge on any atom is 0.131 e. The molecule has 2 aromatic rings. The van der Waals surface area contributed by atoms with Crippen molar-refractivity contribution >= 4 is 18.4 Å². The first-order chi connectivity index (χ1) is 8.74. The molecule has 2 heteroatoms. The van der Waals surface area contributed by atoms with E-state index in [2.05, 4.69) is 38.1 Å². The summed E-state index contributed by atoms with van der Waals surface area (Å²) in [6, 6.07) is 16.2. The lowest BCUT2D eigenvalue weighted by atomic mass is 10.2. The molecule has 0 aliphatic carbocycles. The quantitative estimate of drug-likeness (QED) is 0.769. The molecule has 0 amide bonds. The van der Waals surface area contributed by atoms with Crippen molar-refractivity contribution < 1.29 is 4.57 Å². The average molecular weight is 258 g/mol. The Bertz CT molecular complexity index is 477. The van der Waals surface area contributed by atoms with Crippen LogP contribution in [0.5, 0.6) is 0 Å². The van der Waals surface area contributed by atoms with Gasteiger partial charge in [-0.2, -0.15) is 0 Å². The first kappa shape index (κ1) is 13.1. The molecule has 0 aromatic heterocycles. The average Bonchev–Trinajstić information content (AvgIpc) is 2.47. The zero-order chi connectivity index (χ0) is 13.0. The van der Waals surface area contributed by atoms with Gasteiger partial charge in [-0.25, -0.2) is 0 Å². The number of benzene rings is 2. The Morgan fingerprint density at radius 3 is 1.33 bits per heavy atom. The van der Waals surface area contributed by atoms with Crippen molar-refractivity contribution in [1.29, 1.82) is 0 Å². The first-order valence-corrected chi connectivity index (χ1v) is 7.88. The van der Waals surface area contributed by atoms with E-state index in [1.165, 1.54) is 11.1 Å². The second-order valence-corrected chi connectivity index (χ2v) is 6.24. The van der Waals surface area contributed by atoms with Crippen LogP contribution in [0.15, 0.2) is 48.5 Å². The second kappa shape index (κ2) is 6.02. The lowest BCUT2D eigenvalue weighted by molar-refractivity contribution is 0.598. The molecule has 1 nitrogen and oxygen atoms in total. The fraction of sp³-hybridized carbons (Fsp3) is 0.250. The fourth-order valence-corrected chi connectivity index (χ4v) is 3.22. The Labute approximate surface area is 110 Å². The number of hydrogen-bond acceptors (Lipinski definition) is 1. The lowest BCUT2D eigenvalue weighted by Crippen LogP contribution is -2.06. The highest BCUT2D eigenvalue weighted by Gasteiger charge is 2.06. The molecule has 0 radical (unpaired) electrons. The highest BCUT2D eigenvalue weighted by atomic mass is 31.1. The van der Waals surface area contributed by atoms with Crippen molar-refractivity contribution in [2.45, 2.75) is 26.7 Å².